The average molecular weight is 317 g/mol. The van der Waals surface area contributed by atoms with Gasteiger partial charge >= 0.3 is 0 Å². The van der Waals surface area contributed by atoms with Crippen molar-refractivity contribution in [3.63, 3.8) is 0 Å². The molecule has 3 N–H and O–H groups in total. The molecule has 0 saturated carbocycles. The molecular weight excluding hydrogens is 299 g/mol. The van der Waals surface area contributed by atoms with Crippen LogP contribution in [-0.4, -0.2) is 18.0 Å². The van der Waals surface area contributed by atoms with E-state index in [0.717, 1.165) is 0 Å². The lowest BCUT2D eigenvalue weighted by Crippen LogP contribution is -2.55. The molecule has 0 aliphatic rings. The number of nitrogens with one attached hydrogen (secondary N) is 1. The SMILES string of the molecule is CC(C)C(C)(CN)NC(=O)c1ccc(F)cc1Br. The van der Waals surface area contributed by atoms with Gasteiger partial charge in [-0.2, -0.15) is 0 Å². The lowest BCUT2D eigenvalue weighted by Gasteiger charge is -2.33. The molecular formula is C13H18BrFN2O. The molecule has 0 radical (unpaired) electrons. The number of halogens is 2. The number of amides is 1. The molecule has 5 heteroatoms. The second-order valence-electron chi connectivity index (χ2n) is 4.85. The van der Waals surface area contributed by atoms with Gasteiger partial charge in [0.25, 0.3) is 5.91 Å². The zero-order chi connectivity index (χ0) is 13.9. The summed E-state index contributed by atoms with van der Waals surface area (Å²) in [5, 5.41) is 2.90. The fourth-order valence-electron chi connectivity index (χ4n) is 1.43. The highest BCUT2D eigenvalue weighted by Gasteiger charge is 2.29. The first-order valence-electron chi connectivity index (χ1n) is 5.78. The van der Waals surface area contributed by atoms with Crippen molar-refractivity contribution < 1.29 is 9.18 Å². The molecule has 1 unspecified atom stereocenters. The van der Waals surface area contributed by atoms with Crippen molar-refractivity contribution in [2.45, 2.75) is 26.3 Å². The van der Waals surface area contributed by atoms with Crippen molar-refractivity contribution in [3.8, 4) is 0 Å². The average Bonchev–Trinajstić information content (AvgIpc) is 2.28. The molecule has 0 heterocycles. The third kappa shape index (κ3) is 3.29. The number of carbonyl (C=O) groups is 1. The van der Waals surface area contributed by atoms with Crippen molar-refractivity contribution in [2.24, 2.45) is 11.7 Å². The summed E-state index contributed by atoms with van der Waals surface area (Å²) in [5.41, 5.74) is 5.63. The Morgan fingerprint density at radius 1 is 1.56 bits per heavy atom. The smallest absolute Gasteiger partial charge is 0.252 e. The van der Waals surface area contributed by atoms with E-state index in [1.165, 1.54) is 18.2 Å². The van der Waals surface area contributed by atoms with Crippen molar-refractivity contribution in [3.05, 3.63) is 34.1 Å². The van der Waals surface area contributed by atoms with Gasteiger partial charge in [-0.15, -0.1) is 0 Å². The third-order valence-electron chi connectivity index (χ3n) is 3.27. The summed E-state index contributed by atoms with van der Waals surface area (Å²) in [5.74, 6) is -0.446. The van der Waals surface area contributed by atoms with Gasteiger partial charge in [0.1, 0.15) is 5.82 Å². The summed E-state index contributed by atoms with van der Waals surface area (Å²) < 4.78 is 13.4. The van der Waals surface area contributed by atoms with Gasteiger partial charge in [-0.05, 0) is 47.0 Å². The molecule has 100 valence electrons. The fourth-order valence-corrected chi connectivity index (χ4v) is 1.96. The van der Waals surface area contributed by atoms with Crippen molar-refractivity contribution in [2.75, 3.05) is 6.54 Å². The van der Waals surface area contributed by atoms with Gasteiger partial charge < -0.3 is 11.1 Å². The Hall–Kier alpha value is -0.940. The van der Waals surface area contributed by atoms with Crippen molar-refractivity contribution >= 4 is 21.8 Å². The molecule has 1 rings (SSSR count). The van der Waals surface area contributed by atoms with E-state index in [1.54, 1.807) is 0 Å². The van der Waals surface area contributed by atoms with Crippen LogP contribution in [0, 0.1) is 11.7 Å². The molecule has 1 aromatic rings. The molecule has 1 atom stereocenters. The van der Waals surface area contributed by atoms with Gasteiger partial charge in [0.15, 0.2) is 0 Å². The highest BCUT2D eigenvalue weighted by molar-refractivity contribution is 9.10. The van der Waals surface area contributed by atoms with E-state index in [0.29, 0.717) is 16.6 Å². The van der Waals surface area contributed by atoms with Crippen LogP contribution in [0.5, 0.6) is 0 Å². The Labute approximate surface area is 115 Å². The first kappa shape index (κ1) is 15.1. The van der Waals surface area contributed by atoms with E-state index in [1.807, 2.05) is 20.8 Å². The quantitative estimate of drug-likeness (QED) is 0.897. The van der Waals surface area contributed by atoms with Crippen LogP contribution in [0.25, 0.3) is 0 Å². The Morgan fingerprint density at radius 3 is 2.61 bits per heavy atom. The van der Waals surface area contributed by atoms with Crippen molar-refractivity contribution in [1.82, 2.24) is 5.32 Å². The number of rotatable bonds is 4. The number of nitrogens with two attached hydrogens (primary N) is 1. The maximum atomic E-state index is 13.0. The molecule has 1 aromatic carbocycles. The maximum Gasteiger partial charge on any atom is 0.252 e. The molecule has 18 heavy (non-hydrogen) atoms. The highest BCUT2D eigenvalue weighted by Crippen LogP contribution is 2.20. The zero-order valence-corrected chi connectivity index (χ0v) is 12.3. The second kappa shape index (κ2) is 5.80. The monoisotopic (exact) mass is 316 g/mol. The first-order chi connectivity index (χ1) is 8.30. The topological polar surface area (TPSA) is 55.1 Å². The lowest BCUT2D eigenvalue weighted by molar-refractivity contribution is 0.0882. The summed E-state index contributed by atoms with van der Waals surface area (Å²) in [4.78, 5) is 12.1. The largest absolute Gasteiger partial charge is 0.345 e. The minimum absolute atomic E-state index is 0.200. The van der Waals surface area contributed by atoms with Crippen LogP contribution < -0.4 is 11.1 Å². The van der Waals surface area contributed by atoms with Crippen LogP contribution in [0.15, 0.2) is 22.7 Å². The standard InChI is InChI=1S/C13H18BrFN2O/c1-8(2)13(3,7-16)17-12(18)10-5-4-9(15)6-11(10)14/h4-6,8H,7,16H2,1-3H3,(H,17,18). The van der Waals surface area contributed by atoms with Gasteiger partial charge in [0.05, 0.1) is 11.1 Å². The number of hydrogen-bond acceptors (Lipinski definition) is 2. The van der Waals surface area contributed by atoms with Crippen LogP contribution in [0.4, 0.5) is 4.39 Å². The predicted molar refractivity (Wildman–Crippen MR) is 73.9 cm³/mol. The number of hydrogen-bond donors (Lipinski definition) is 2. The molecule has 3 nitrogen and oxygen atoms in total. The molecule has 0 bridgehead atoms. The van der Waals surface area contributed by atoms with Gasteiger partial charge in [0, 0.05) is 11.0 Å². The summed E-state index contributed by atoms with van der Waals surface area (Å²) in [6, 6.07) is 3.98. The number of carbonyl (C=O) groups excluding carboxylic acids is 1. The summed E-state index contributed by atoms with van der Waals surface area (Å²) in [6.45, 7) is 6.22. The van der Waals surface area contributed by atoms with Crippen LogP contribution in [-0.2, 0) is 0 Å². The maximum absolute atomic E-state index is 13.0. The predicted octanol–water partition coefficient (Wildman–Crippen LogP) is 2.69. The molecule has 0 aliphatic heterocycles. The molecule has 0 saturated heterocycles. The summed E-state index contributed by atoms with van der Waals surface area (Å²) >= 11 is 3.18. The Kier molecular flexibility index (Phi) is 4.87. The Bertz CT molecular complexity index is 451. The minimum Gasteiger partial charge on any atom is -0.345 e. The first-order valence-corrected chi connectivity index (χ1v) is 6.57. The zero-order valence-electron chi connectivity index (χ0n) is 10.8. The Balaban J connectivity index is 2.95. The van der Waals surface area contributed by atoms with Gasteiger partial charge in [0.2, 0.25) is 0 Å². The normalized spacial score (nSPS) is 14.4. The number of benzene rings is 1. The van der Waals surface area contributed by atoms with Crippen LogP contribution in [0.3, 0.4) is 0 Å². The fraction of sp³-hybridized carbons (Fsp3) is 0.462. The lowest BCUT2D eigenvalue weighted by atomic mass is 9.88. The summed E-state index contributed by atoms with van der Waals surface area (Å²) in [6.07, 6.45) is 0. The van der Waals surface area contributed by atoms with Crippen LogP contribution >= 0.6 is 15.9 Å². The highest BCUT2D eigenvalue weighted by atomic mass is 79.9. The third-order valence-corrected chi connectivity index (χ3v) is 3.93. The molecule has 1 amide bonds. The van der Waals surface area contributed by atoms with Gasteiger partial charge in [-0.1, -0.05) is 13.8 Å². The Morgan fingerprint density at radius 2 is 2.17 bits per heavy atom. The van der Waals surface area contributed by atoms with E-state index in [4.69, 9.17) is 5.73 Å². The molecule has 0 aromatic heterocycles. The minimum atomic E-state index is -0.481. The molecule has 0 spiro atoms. The van der Waals surface area contributed by atoms with E-state index in [2.05, 4.69) is 21.2 Å². The van der Waals surface area contributed by atoms with E-state index >= 15 is 0 Å². The van der Waals surface area contributed by atoms with Gasteiger partial charge in [-0.3, -0.25) is 4.79 Å². The molecule has 0 aliphatic carbocycles. The van der Waals surface area contributed by atoms with E-state index < -0.39 is 5.54 Å². The van der Waals surface area contributed by atoms with E-state index in [9.17, 15) is 9.18 Å². The van der Waals surface area contributed by atoms with Crippen LogP contribution in [0.1, 0.15) is 31.1 Å². The van der Waals surface area contributed by atoms with Crippen molar-refractivity contribution in [1.29, 1.82) is 0 Å². The molecule has 0 fully saturated rings. The summed E-state index contributed by atoms with van der Waals surface area (Å²) in [7, 11) is 0. The van der Waals surface area contributed by atoms with Gasteiger partial charge in [-0.25, -0.2) is 4.39 Å². The van der Waals surface area contributed by atoms with Crippen LogP contribution in [0.2, 0.25) is 0 Å². The van der Waals surface area contributed by atoms with E-state index in [-0.39, 0.29) is 17.6 Å². The second-order valence-corrected chi connectivity index (χ2v) is 5.71.